The van der Waals surface area contributed by atoms with Crippen molar-refractivity contribution in [3.8, 4) is 5.69 Å². The number of morpholine rings is 1. The summed E-state index contributed by atoms with van der Waals surface area (Å²) in [7, 11) is 0. The van der Waals surface area contributed by atoms with Gasteiger partial charge in [0, 0.05) is 40.2 Å². The van der Waals surface area contributed by atoms with Crippen molar-refractivity contribution in [2.24, 2.45) is 0 Å². The van der Waals surface area contributed by atoms with Crippen molar-refractivity contribution in [3.63, 3.8) is 0 Å². The molecule has 7 nitrogen and oxygen atoms in total. The third-order valence-corrected chi connectivity index (χ3v) is 5.63. The fourth-order valence-electron chi connectivity index (χ4n) is 3.16. The Morgan fingerprint density at radius 1 is 1.10 bits per heavy atom. The number of aromatic nitrogens is 2. The molecule has 4 rings (SSSR count). The first-order valence-corrected chi connectivity index (χ1v) is 10.3. The number of carbonyl (C=O) groups excluding carboxylic acids is 2. The number of halogens is 1. The zero-order valence-corrected chi connectivity index (χ0v) is 17.7. The fourth-order valence-corrected chi connectivity index (χ4v) is 3.77. The highest BCUT2D eigenvalue weighted by Crippen LogP contribution is 2.21. The Balaban J connectivity index is 1.47. The molecule has 0 aliphatic carbocycles. The van der Waals surface area contributed by atoms with Gasteiger partial charge in [0.15, 0.2) is 12.1 Å². The minimum absolute atomic E-state index is 0.0178. The topological polar surface area (TPSA) is 76.5 Å². The fraction of sp³-hybridized carbons (Fsp3) is 0.190. The number of hydrogen-bond donors (Lipinski definition) is 1. The molecular weight excluding hydrogens is 483 g/mol. The third-order valence-electron chi connectivity index (χ3n) is 4.69. The molecule has 3 aromatic rings. The van der Waals surface area contributed by atoms with Gasteiger partial charge in [-0.1, -0.05) is 6.07 Å². The maximum atomic E-state index is 12.5. The molecule has 1 aromatic heterocycles. The van der Waals surface area contributed by atoms with Crippen molar-refractivity contribution in [1.29, 1.82) is 0 Å². The van der Waals surface area contributed by atoms with Crippen LogP contribution in [0.2, 0.25) is 0 Å². The third kappa shape index (κ3) is 4.33. The molecule has 1 amide bonds. The molecule has 1 saturated heterocycles. The Hall–Kier alpha value is -2.72. The molecule has 2 heterocycles. The standard InChI is InChI=1S/C21H19IN4O3/c22-18-2-1-3-19(17(18)14-27)26-9-8-20(24-26)23-16-6-4-15(5-7-16)21(28)25-10-12-29-13-11-25/h1-9,14H,10-13H2,(H,23,24). The number of hydrogen-bond acceptors (Lipinski definition) is 5. The predicted molar refractivity (Wildman–Crippen MR) is 118 cm³/mol. The first kappa shape index (κ1) is 19.6. The summed E-state index contributed by atoms with van der Waals surface area (Å²) in [6.07, 6.45) is 2.65. The second-order valence-corrected chi connectivity index (χ2v) is 7.71. The average molecular weight is 502 g/mol. The first-order chi connectivity index (χ1) is 14.2. The Labute approximate surface area is 181 Å². The van der Waals surface area contributed by atoms with Gasteiger partial charge >= 0.3 is 0 Å². The minimum atomic E-state index is 0.0178. The summed E-state index contributed by atoms with van der Waals surface area (Å²) in [6, 6.07) is 14.8. The maximum Gasteiger partial charge on any atom is 0.254 e. The van der Waals surface area contributed by atoms with Crippen molar-refractivity contribution < 1.29 is 14.3 Å². The second kappa shape index (κ2) is 8.75. The highest BCUT2D eigenvalue weighted by molar-refractivity contribution is 14.1. The number of nitrogens with one attached hydrogen (secondary N) is 1. The van der Waals surface area contributed by atoms with E-state index in [0.29, 0.717) is 43.2 Å². The van der Waals surface area contributed by atoms with Gasteiger partial charge in [0.25, 0.3) is 5.91 Å². The maximum absolute atomic E-state index is 12.5. The summed E-state index contributed by atoms with van der Waals surface area (Å²) < 4.78 is 7.84. The van der Waals surface area contributed by atoms with Crippen molar-refractivity contribution in [2.75, 3.05) is 31.6 Å². The van der Waals surface area contributed by atoms with E-state index in [-0.39, 0.29) is 5.91 Å². The van der Waals surface area contributed by atoms with Gasteiger partial charge < -0.3 is 15.0 Å². The summed E-state index contributed by atoms with van der Waals surface area (Å²) in [6.45, 7) is 2.41. The summed E-state index contributed by atoms with van der Waals surface area (Å²) in [5.41, 5.74) is 2.81. The monoisotopic (exact) mass is 502 g/mol. The Morgan fingerprint density at radius 2 is 1.86 bits per heavy atom. The predicted octanol–water partition coefficient (Wildman–Crippen LogP) is 3.51. The lowest BCUT2D eigenvalue weighted by Crippen LogP contribution is -2.40. The van der Waals surface area contributed by atoms with E-state index < -0.39 is 0 Å². The number of amides is 1. The number of carbonyl (C=O) groups is 2. The molecule has 2 aromatic carbocycles. The molecule has 0 bridgehead atoms. The van der Waals surface area contributed by atoms with Crippen LogP contribution in [0.15, 0.2) is 54.7 Å². The molecule has 1 fully saturated rings. The van der Waals surface area contributed by atoms with Crippen molar-refractivity contribution >= 4 is 46.3 Å². The summed E-state index contributed by atoms with van der Waals surface area (Å²) in [5.74, 6) is 0.664. The Morgan fingerprint density at radius 3 is 2.59 bits per heavy atom. The summed E-state index contributed by atoms with van der Waals surface area (Å²) in [5, 5.41) is 7.74. The van der Waals surface area contributed by atoms with Crippen LogP contribution in [0.5, 0.6) is 0 Å². The van der Waals surface area contributed by atoms with Crippen LogP contribution in [-0.2, 0) is 4.74 Å². The average Bonchev–Trinajstić information content (AvgIpc) is 3.22. The van der Waals surface area contributed by atoms with Crippen LogP contribution in [0.3, 0.4) is 0 Å². The Kier molecular flexibility index (Phi) is 5.91. The number of benzene rings is 2. The highest BCUT2D eigenvalue weighted by Gasteiger charge is 2.18. The van der Waals surface area contributed by atoms with Gasteiger partial charge in [-0.05, 0) is 59.0 Å². The van der Waals surface area contributed by atoms with Gasteiger partial charge in [-0.15, -0.1) is 0 Å². The Bertz CT molecular complexity index is 1030. The second-order valence-electron chi connectivity index (χ2n) is 6.54. The van der Waals surface area contributed by atoms with Gasteiger partial charge in [0.1, 0.15) is 0 Å². The molecule has 0 saturated carbocycles. The number of rotatable bonds is 5. The van der Waals surface area contributed by atoms with Crippen LogP contribution in [0.4, 0.5) is 11.5 Å². The van der Waals surface area contributed by atoms with Crippen molar-refractivity contribution in [1.82, 2.24) is 14.7 Å². The lowest BCUT2D eigenvalue weighted by Gasteiger charge is -2.26. The molecule has 0 spiro atoms. The number of nitrogens with zero attached hydrogens (tertiary/aromatic N) is 3. The van der Waals surface area contributed by atoms with Crippen LogP contribution in [-0.4, -0.2) is 53.2 Å². The van der Waals surface area contributed by atoms with Gasteiger partial charge in [-0.3, -0.25) is 9.59 Å². The van der Waals surface area contributed by atoms with E-state index in [0.717, 1.165) is 21.2 Å². The largest absolute Gasteiger partial charge is 0.378 e. The zero-order valence-electron chi connectivity index (χ0n) is 15.5. The van der Waals surface area contributed by atoms with E-state index in [1.165, 1.54) is 0 Å². The van der Waals surface area contributed by atoms with Crippen molar-refractivity contribution in [3.05, 3.63) is 69.4 Å². The van der Waals surface area contributed by atoms with Crippen LogP contribution in [0.25, 0.3) is 5.69 Å². The van der Waals surface area contributed by atoms with Crippen LogP contribution in [0.1, 0.15) is 20.7 Å². The lowest BCUT2D eigenvalue weighted by molar-refractivity contribution is 0.0303. The van der Waals surface area contributed by atoms with Crippen molar-refractivity contribution in [2.45, 2.75) is 0 Å². The van der Waals surface area contributed by atoms with E-state index in [1.807, 2.05) is 36.4 Å². The highest BCUT2D eigenvalue weighted by atomic mass is 127. The smallest absolute Gasteiger partial charge is 0.254 e. The molecule has 0 atom stereocenters. The van der Waals surface area contributed by atoms with Gasteiger partial charge in [-0.25, -0.2) is 4.68 Å². The van der Waals surface area contributed by atoms with E-state index in [2.05, 4.69) is 33.0 Å². The quantitative estimate of drug-likeness (QED) is 0.427. The summed E-state index contributed by atoms with van der Waals surface area (Å²) in [4.78, 5) is 25.7. The minimum Gasteiger partial charge on any atom is -0.378 e. The summed E-state index contributed by atoms with van der Waals surface area (Å²) >= 11 is 2.14. The lowest BCUT2D eigenvalue weighted by atomic mass is 10.1. The van der Waals surface area contributed by atoms with Gasteiger partial charge in [0.05, 0.1) is 24.5 Å². The normalized spacial score (nSPS) is 13.9. The SMILES string of the molecule is O=Cc1c(I)cccc1-n1ccc(Nc2ccc(C(=O)N3CCOCC3)cc2)n1. The molecule has 0 unspecified atom stereocenters. The molecule has 1 N–H and O–H groups in total. The number of ether oxygens (including phenoxy) is 1. The van der Waals surface area contributed by atoms with Gasteiger partial charge in [-0.2, -0.15) is 5.10 Å². The molecular formula is C21H19IN4O3. The number of aldehydes is 1. The van der Waals surface area contributed by atoms with Gasteiger partial charge in [0.2, 0.25) is 0 Å². The van der Waals surface area contributed by atoms with E-state index in [1.54, 1.807) is 27.9 Å². The van der Waals surface area contributed by atoms with E-state index in [4.69, 9.17) is 4.74 Å². The molecule has 8 heteroatoms. The molecule has 1 aliphatic rings. The van der Waals surface area contributed by atoms with E-state index >= 15 is 0 Å². The van der Waals surface area contributed by atoms with Crippen LogP contribution >= 0.6 is 22.6 Å². The zero-order chi connectivity index (χ0) is 20.2. The van der Waals surface area contributed by atoms with Crippen LogP contribution < -0.4 is 5.32 Å². The van der Waals surface area contributed by atoms with E-state index in [9.17, 15) is 9.59 Å². The molecule has 29 heavy (non-hydrogen) atoms. The van der Waals surface area contributed by atoms with Crippen LogP contribution in [0, 0.1) is 3.57 Å². The molecule has 0 radical (unpaired) electrons. The molecule has 148 valence electrons. The molecule has 1 aliphatic heterocycles. The first-order valence-electron chi connectivity index (χ1n) is 9.19. The number of anilines is 2.